The molecule has 0 unspecified atom stereocenters. The predicted molar refractivity (Wildman–Crippen MR) is 81.4 cm³/mol. The molecule has 0 saturated heterocycles. The summed E-state index contributed by atoms with van der Waals surface area (Å²) in [7, 11) is 0. The monoisotopic (exact) mass is 308 g/mol. The van der Waals surface area contributed by atoms with Gasteiger partial charge in [0.2, 0.25) is 11.8 Å². The molecule has 0 bridgehead atoms. The summed E-state index contributed by atoms with van der Waals surface area (Å²) < 4.78 is 5.19. The molecular weight excluding hydrogens is 288 g/mol. The molecule has 7 heteroatoms. The standard InChI is InChI=1S/C14H20N4O2S/c1-9-8-21-13(15-9)16-10(19)6-5-7-11-17-12(18-20-11)14(2,3)4/h8H,5-7H2,1-4H3,(H,15,16,19). The molecule has 0 aliphatic rings. The van der Waals surface area contributed by atoms with E-state index in [1.165, 1.54) is 11.3 Å². The number of carbonyl (C=O) groups is 1. The van der Waals surface area contributed by atoms with E-state index >= 15 is 0 Å². The molecule has 114 valence electrons. The number of hydrogen-bond donors (Lipinski definition) is 1. The molecule has 0 fully saturated rings. The van der Waals surface area contributed by atoms with Crippen molar-refractivity contribution < 1.29 is 9.32 Å². The number of carbonyl (C=O) groups excluding carboxylic acids is 1. The largest absolute Gasteiger partial charge is 0.339 e. The second-order valence-electron chi connectivity index (χ2n) is 5.96. The van der Waals surface area contributed by atoms with Crippen LogP contribution < -0.4 is 5.32 Å². The Morgan fingerprint density at radius 3 is 2.71 bits per heavy atom. The molecule has 1 amide bonds. The van der Waals surface area contributed by atoms with E-state index in [2.05, 4.69) is 20.4 Å². The molecular formula is C14H20N4O2S. The van der Waals surface area contributed by atoms with Crippen LogP contribution in [0.5, 0.6) is 0 Å². The Balaban J connectivity index is 1.76. The predicted octanol–water partition coefficient (Wildman–Crippen LogP) is 3.09. The van der Waals surface area contributed by atoms with Crippen molar-refractivity contribution in [2.45, 2.75) is 52.4 Å². The average molecular weight is 308 g/mol. The zero-order chi connectivity index (χ0) is 15.5. The second kappa shape index (κ2) is 6.34. The molecule has 2 aromatic heterocycles. The molecule has 0 aliphatic heterocycles. The Hall–Kier alpha value is -1.76. The van der Waals surface area contributed by atoms with Gasteiger partial charge >= 0.3 is 0 Å². The van der Waals surface area contributed by atoms with Gasteiger partial charge in [-0.05, 0) is 13.3 Å². The first-order valence-electron chi connectivity index (χ1n) is 6.89. The van der Waals surface area contributed by atoms with Crippen LogP contribution in [0.1, 0.15) is 51.0 Å². The highest BCUT2D eigenvalue weighted by Crippen LogP contribution is 2.19. The van der Waals surface area contributed by atoms with Crippen molar-refractivity contribution in [1.29, 1.82) is 0 Å². The molecule has 0 aromatic carbocycles. The minimum absolute atomic E-state index is 0.0417. The SMILES string of the molecule is Cc1csc(NC(=O)CCCc2nc(C(C)(C)C)no2)n1. The zero-order valence-corrected chi connectivity index (χ0v) is 13.6. The molecule has 0 saturated carbocycles. The van der Waals surface area contributed by atoms with E-state index in [4.69, 9.17) is 4.52 Å². The smallest absolute Gasteiger partial charge is 0.226 e. The van der Waals surface area contributed by atoms with Crippen LogP contribution in [0, 0.1) is 6.92 Å². The lowest BCUT2D eigenvalue weighted by molar-refractivity contribution is -0.116. The fraction of sp³-hybridized carbons (Fsp3) is 0.571. The number of hydrogen-bond acceptors (Lipinski definition) is 6. The minimum atomic E-state index is -0.123. The number of aromatic nitrogens is 3. The van der Waals surface area contributed by atoms with E-state index in [1.54, 1.807) is 0 Å². The van der Waals surface area contributed by atoms with E-state index < -0.39 is 0 Å². The van der Waals surface area contributed by atoms with Gasteiger partial charge in [-0.25, -0.2) is 4.98 Å². The molecule has 0 atom stereocenters. The van der Waals surface area contributed by atoms with Gasteiger partial charge in [-0.3, -0.25) is 4.79 Å². The van der Waals surface area contributed by atoms with Crippen LogP contribution in [0.4, 0.5) is 5.13 Å². The summed E-state index contributed by atoms with van der Waals surface area (Å²) >= 11 is 1.43. The number of thiazole rings is 1. The molecule has 2 aromatic rings. The third-order valence-electron chi connectivity index (χ3n) is 2.80. The summed E-state index contributed by atoms with van der Waals surface area (Å²) in [4.78, 5) is 20.3. The third kappa shape index (κ3) is 4.63. The number of aryl methyl sites for hydroxylation is 2. The third-order valence-corrected chi connectivity index (χ3v) is 3.67. The summed E-state index contributed by atoms with van der Waals surface area (Å²) in [6.07, 6.45) is 1.68. The lowest BCUT2D eigenvalue weighted by atomic mass is 9.96. The molecule has 1 N–H and O–H groups in total. The fourth-order valence-corrected chi connectivity index (χ4v) is 2.36. The fourth-order valence-electron chi connectivity index (χ4n) is 1.65. The molecule has 6 nitrogen and oxygen atoms in total. The first-order valence-corrected chi connectivity index (χ1v) is 7.77. The van der Waals surface area contributed by atoms with Crippen molar-refractivity contribution in [2.75, 3.05) is 5.32 Å². The molecule has 0 radical (unpaired) electrons. The van der Waals surface area contributed by atoms with Crippen LogP contribution in [-0.4, -0.2) is 21.0 Å². The number of nitrogens with zero attached hydrogens (tertiary/aromatic N) is 3. The zero-order valence-electron chi connectivity index (χ0n) is 12.8. The van der Waals surface area contributed by atoms with Crippen molar-refractivity contribution in [3.05, 3.63) is 22.8 Å². The highest BCUT2D eigenvalue weighted by atomic mass is 32.1. The number of anilines is 1. The van der Waals surface area contributed by atoms with Gasteiger partial charge < -0.3 is 9.84 Å². The maximum absolute atomic E-state index is 11.8. The van der Waals surface area contributed by atoms with Crippen LogP contribution in [0.2, 0.25) is 0 Å². The van der Waals surface area contributed by atoms with Gasteiger partial charge in [0.25, 0.3) is 0 Å². The normalized spacial score (nSPS) is 11.6. The Morgan fingerprint density at radius 1 is 1.38 bits per heavy atom. The number of rotatable bonds is 5. The summed E-state index contributed by atoms with van der Waals surface area (Å²) in [6, 6.07) is 0. The first kappa shape index (κ1) is 15.6. The van der Waals surface area contributed by atoms with Crippen molar-refractivity contribution in [2.24, 2.45) is 0 Å². The van der Waals surface area contributed by atoms with Gasteiger partial charge in [0, 0.05) is 23.6 Å². The van der Waals surface area contributed by atoms with Crippen molar-refractivity contribution in [3.63, 3.8) is 0 Å². The Labute approximate surface area is 128 Å². The maximum Gasteiger partial charge on any atom is 0.226 e. The topological polar surface area (TPSA) is 80.9 Å². The van der Waals surface area contributed by atoms with Gasteiger partial charge in [0.05, 0.1) is 5.69 Å². The van der Waals surface area contributed by atoms with Gasteiger partial charge in [0.15, 0.2) is 11.0 Å². The van der Waals surface area contributed by atoms with E-state index in [0.717, 1.165) is 5.69 Å². The maximum atomic E-state index is 11.8. The molecule has 2 rings (SSSR count). The molecule has 0 aliphatic carbocycles. The van der Waals surface area contributed by atoms with E-state index in [1.807, 2.05) is 33.1 Å². The van der Waals surface area contributed by atoms with E-state index in [0.29, 0.717) is 36.1 Å². The summed E-state index contributed by atoms with van der Waals surface area (Å²) in [5, 5.41) is 9.29. The van der Waals surface area contributed by atoms with Crippen LogP contribution in [-0.2, 0) is 16.6 Å². The Kier molecular flexibility index (Phi) is 4.72. The summed E-state index contributed by atoms with van der Waals surface area (Å²) in [6.45, 7) is 8.00. The van der Waals surface area contributed by atoms with Gasteiger partial charge in [-0.15, -0.1) is 11.3 Å². The van der Waals surface area contributed by atoms with Gasteiger partial charge in [-0.1, -0.05) is 25.9 Å². The first-order chi connectivity index (χ1) is 9.84. The van der Waals surface area contributed by atoms with E-state index in [-0.39, 0.29) is 11.3 Å². The summed E-state index contributed by atoms with van der Waals surface area (Å²) in [5.41, 5.74) is 0.790. The number of nitrogens with one attached hydrogen (secondary N) is 1. The molecule has 0 spiro atoms. The van der Waals surface area contributed by atoms with Crippen LogP contribution in [0.15, 0.2) is 9.90 Å². The summed E-state index contributed by atoms with van der Waals surface area (Å²) in [5.74, 6) is 1.23. The van der Waals surface area contributed by atoms with Crippen molar-refractivity contribution in [1.82, 2.24) is 15.1 Å². The Morgan fingerprint density at radius 2 is 2.14 bits per heavy atom. The van der Waals surface area contributed by atoms with Gasteiger partial charge in [0.1, 0.15) is 0 Å². The molecule has 2 heterocycles. The molecule has 21 heavy (non-hydrogen) atoms. The van der Waals surface area contributed by atoms with Gasteiger partial charge in [-0.2, -0.15) is 4.98 Å². The van der Waals surface area contributed by atoms with E-state index in [9.17, 15) is 4.79 Å². The Bertz CT molecular complexity index is 613. The van der Waals surface area contributed by atoms with Crippen LogP contribution in [0.3, 0.4) is 0 Å². The van der Waals surface area contributed by atoms with Crippen molar-refractivity contribution in [3.8, 4) is 0 Å². The average Bonchev–Trinajstić information content (AvgIpc) is 2.98. The lowest BCUT2D eigenvalue weighted by Gasteiger charge is -2.10. The highest BCUT2D eigenvalue weighted by Gasteiger charge is 2.20. The quantitative estimate of drug-likeness (QED) is 0.918. The number of amides is 1. The second-order valence-corrected chi connectivity index (χ2v) is 6.82. The van der Waals surface area contributed by atoms with Crippen LogP contribution >= 0.6 is 11.3 Å². The minimum Gasteiger partial charge on any atom is -0.339 e. The van der Waals surface area contributed by atoms with Crippen molar-refractivity contribution >= 4 is 22.4 Å². The van der Waals surface area contributed by atoms with Crippen LogP contribution in [0.25, 0.3) is 0 Å². The highest BCUT2D eigenvalue weighted by molar-refractivity contribution is 7.13. The lowest BCUT2D eigenvalue weighted by Crippen LogP contribution is -2.13.